The minimum Gasteiger partial charge on any atom is -0.478 e. The Labute approximate surface area is 112 Å². The molecule has 0 spiro atoms. The summed E-state index contributed by atoms with van der Waals surface area (Å²) in [6.45, 7) is 5.21. The van der Waals surface area contributed by atoms with Gasteiger partial charge in [-0.25, -0.2) is 9.78 Å². The number of nitrogens with two attached hydrogens (primary N) is 1. The number of aromatic carboxylic acids is 1. The lowest BCUT2D eigenvalue weighted by molar-refractivity contribution is -0.121. The van der Waals surface area contributed by atoms with Crippen LogP contribution in [0.3, 0.4) is 0 Å². The largest absolute Gasteiger partial charge is 0.478 e. The van der Waals surface area contributed by atoms with Gasteiger partial charge in [-0.2, -0.15) is 0 Å². The molecule has 0 aromatic carbocycles. The number of rotatable bonds is 6. The maximum absolute atomic E-state index is 11.3. The van der Waals surface area contributed by atoms with Gasteiger partial charge in [0, 0.05) is 5.69 Å². The Morgan fingerprint density at radius 2 is 2.05 bits per heavy atom. The van der Waals surface area contributed by atoms with E-state index < -0.39 is 17.4 Å². The molecule has 0 saturated carbocycles. The summed E-state index contributed by atoms with van der Waals surface area (Å²) in [6.07, 6.45) is 1.53. The number of carboxylic acids is 1. The highest BCUT2D eigenvalue weighted by molar-refractivity contribution is 5.90. The number of carbonyl (C=O) groups is 2. The second-order valence-electron chi connectivity index (χ2n) is 4.90. The molecule has 6 heteroatoms. The van der Waals surface area contributed by atoms with Gasteiger partial charge in [-0.05, 0) is 32.4 Å². The summed E-state index contributed by atoms with van der Waals surface area (Å²) >= 11 is 0. The quantitative estimate of drug-likeness (QED) is 0.721. The summed E-state index contributed by atoms with van der Waals surface area (Å²) in [5, 5.41) is 11.9. The molecule has 1 amide bonds. The maximum Gasteiger partial charge on any atom is 0.335 e. The van der Waals surface area contributed by atoms with E-state index >= 15 is 0 Å². The number of pyridine rings is 1. The molecule has 1 rings (SSSR count). The van der Waals surface area contributed by atoms with Crippen LogP contribution in [0.25, 0.3) is 0 Å². The van der Waals surface area contributed by atoms with Crippen molar-refractivity contribution in [2.75, 3.05) is 5.32 Å². The first-order chi connectivity index (χ1) is 8.76. The van der Waals surface area contributed by atoms with E-state index in [9.17, 15) is 9.59 Å². The number of amides is 1. The van der Waals surface area contributed by atoms with Crippen molar-refractivity contribution in [2.45, 2.75) is 39.2 Å². The highest BCUT2D eigenvalue weighted by Gasteiger charge is 2.25. The van der Waals surface area contributed by atoms with Gasteiger partial charge in [-0.15, -0.1) is 0 Å². The van der Waals surface area contributed by atoms with Gasteiger partial charge in [0.05, 0.1) is 5.56 Å². The third-order valence-electron chi connectivity index (χ3n) is 2.69. The molecule has 1 heterocycles. The zero-order valence-electron chi connectivity index (χ0n) is 11.4. The molecule has 0 unspecified atom stereocenters. The summed E-state index contributed by atoms with van der Waals surface area (Å²) in [5.41, 5.74) is 5.09. The van der Waals surface area contributed by atoms with Crippen LogP contribution in [0.2, 0.25) is 0 Å². The van der Waals surface area contributed by atoms with Crippen molar-refractivity contribution in [3.63, 3.8) is 0 Å². The third kappa shape index (κ3) is 3.94. The van der Waals surface area contributed by atoms with E-state index in [1.807, 2.05) is 6.92 Å². The van der Waals surface area contributed by atoms with Crippen molar-refractivity contribution < 1.29 is 14.7 Å². The maximum atomic E-state index is 11.3. The molecule has 0 aliphatic heterocycles. The molecule has 1 aromatic rings. The van der Waals surface area contributed by atoms with Crippen LogP contribution in [0.4, 0.5) is 5.82 Å². The normalized spacial score (nSPS) is 11.1. The van der Waals surface area contributed by atoms with Crippen LogP contribution in [0, 0.1) is 0 Å². The molecule has 0 aliphatic rings. The molecule has 0 bridgehead atoms. The lowest BCUT2D eigenvalue weighted by Crippen LogP contribution is -2.45. The number of primary amides is 1. The molecule has 0 fully saturated rings. The van der Waals surface area contributed by atoms with Crippen molar-refractivity contribution >= 4 is 17.7 Å². The molecular formula is C13H19N3O3. The second kappa shape index (κ2) is 5.69. The molecule has 0 atom stereocenters. The molecule has 6 nitrogen and oxygen atoms in total. The fourth-order valence-corrected chi connectivity index (χ4v) is 1.54. The van der Waals surface area contributed by atoms with Gasteiger partial charge in [0.15, 0.2) is 0 Å². The number of aromatic nitrogens is 1. The summed E-state index contributed by atoms with van der Waals surface area (Å²) in [7, 11) is 0. The molecule has 0 radical (unpaired) electrons. The number of carbonyl (C=O) groups excluding carboxylic acids is 1. The van der Waals surface area contributed by atoms with E-state index in [0.29, 0.717) is 17.9 Å². The Balaban J connectivity index is 3.12. The number of nitrogens with one attached hydrogen (secondary N) is 1. The topological polar surface area (TPSA) is 105 Å². The molecule has 0 aliphatic carbocycles. The first-order valence-electron chi connectivity index (χ1n) is 6.08. The van der Waals surface area contributed by atoms with Crippen molar-refractivity contribution in [1.82, 2.24) is 4.98 Å². The van der Waals surface area contributed by atoms with Gasteiger partial charge < -0.3 is 16.2 Å². The minimum atomic E-state index is -1.03. The Morgan fingerprint density at radius 1 is 1.42 bits per heavy atom. The molecule has 19 heavy (non-hydrogen) atoms. The van der Waals surface area contributed by atoms with Gasteiger partial charge in [-0.1, -0.05) is 13.3 Å². The summed E-state index contributed by atoms with van der Waals surface area (Å²) < 4.78 is 0. The Kier molecular flexibility index (Phi) is 4.47. The number of hydrogen-bond acceptors (Lipinski definition) is 4. The first-order valence-corrected chi connectivity index (χ1v) is 6.08. The first kappa shape index (κ1) is 14.9. The van der Waals surface area contributed by atoms with E-state index in [0.717, 1.165) is 6.42 Å². The van der Waals surface area contributed by atoms with Gasteiger partial charge in [0.25, 0.3) is 0 Å². The minimum absolute atomic E-state index is 0.140. The van der Waals surface area contributed by atoms with Crippen molar-refractivity contribution in [3.8, 4) is 0 Å². The van der Waals surface area contributed by atoms with Crippen molar-refractivity contribution in [1.29, 1.82) is 0 Å². The Bertz CT molecular complexity index is 498. The van der Waals surface area contributed by atoms with Crippen LogP contribution in [0.5, 0.6) is 0 Å². The molecule has 0 saturated heterocycles. The zero-order chi connectivity index (χ0) is 14.6. The molecule has 4 N–H and O–H groups in total. The number of nitrogens with zero attached hydrogens (tertiary/aromatic N) is 1. The van der Waals surface area contributed by atoms with E-state index in [1.54, 1.807) is 13.8 Å². The Morgan fingerprint density at radius 3 is 2.53 bits per heavy atom. The monoisotopic (exact) mass is 265 g/mol. The number of anilines is 1. The predicted octanol–water partition coefficient (Wildman–Crippen LogP) is 1.41. The van der Waals surface area contributed by atoms with Crippen LogP contribution < -0.4 is 11.1 Å². The van der Waals surface area contributed by atoms with Gasteiger partial charge in [-0.3, -0.25) is 4.79 Å². The summed E-state index contributed by atoms with van der Waals surface area (Å²) in [6, 6.07) is 2.93. The lowest BCUT2D eigenvalue weighted by Gasteiger charge is -2.23. The van der Waals surface area contributed by atoms with Crippen LogP contribution in [-0.4, -0.2) is 27.5 Å². The SMILES string of the molecule is CCCc1cc(C(=O)O)cc(NC(C)(C)C(N)=O)n1. The smallest absolute Gasteiger partial charge is 0.335 e. The van der Waals surface area contributed by atoms with Crippen LogP contribution in [0.15, 0.2) is 12.1 Å². The van der Waals surface area contributed by atoms with Gasteiger partial charge in [0.2, 0.25) is 5.91 Å². The van der Waals surface area contributed by atoms with Crippen LogP contribution in [-0.2, 0) is 11.2 Å². The van der Waals surface area contributed by atoms with E-state index in [4.69, 9.17) is 10.8 Å². The average Bonchev–Trinajstić information content (AvgIpc) is 2.28. The van der Waals surface area contributed by atoms with Crippen LogP contribution in [0.1, 0.15) is 43.2 Å². The predicted molar refractivity (Wildman–Crippen MR) is 72.1 cm³/mol. The van der Waals surface area contributed by atoms with Crippen LogP contribution >= 0.6 is 0 Å². The van der Waals surface area contributed by atoms with Crippen molar-refractivity contribution in [3.05, 3.63) is 23.4 Å². The standard InChI is InChI=1S/C13H19N3O3/c1-4-5-9-6-8(11(17)18)7-10(15-9)16-13(2,3)12(14)19/h6-7H,4-5H2,1-3H3,(H2,14,19)(H,15,16)(H,17,18). The fourth-order valence-electron chi connectivity index (χ4n) is 1.54. The van der Waals surface area contributed by atoms with Gasteiger partial charge in [0.1, 0.15) is 11.4 Å². The van der Waals surface area contributed by atoms with Crippen molar-refractivity contribution in [2.24, 2.45) is 5.73 Å². The van der Waals surface area contributed by atoms with E-state index in [2.05, 4.69) is 10.3 Å². The number of carboxylic acid groups (broad SMARTS) is 1. The Hall–Kier alpha value is -2.11. The molecule has 1 aromatic heterocycles. The lowest BCUT2D eigenvalue weighted by atomic mass is 10.0. The molecular weight excluding hydrogens is 246 g/mol. The third-order valence-corrected chi connectivity index (χ3v) is 2.69. The number of aryl methyl sites for hydroxylation is 1. The van der Waals surface area contributed by atoms with E-state index in [-0.39, 0.29) is 5.56 Å². The number of hydrogen-bond donors (Lipinski definition) is 3. The second-order valence-corrected chi connectivity index (χ2v) is 4.90. The zero-order valence-corrected chi connectivity index (χ0v) is 11.4. The van der Waals surface area contributed by atoms with E-state index in [1.165, 1.54) is 12.1 Å². The average molecular weight is 265 g/mol. The fraction of sp³-hybridized carbons (Fsp3) is 0.462. The molecule has 104 valence electrons. The highest BCUT2D eigenvalue weighted by atomic mass is 16.4. The summed E-state index contributed by atoms with van der Waals surface area (Å²) in [4.78, 5) is 26.6. The summed E-state index contributed by atoms with van der Waals surface area (Å²) in [5.74, 6) is -1.22. The highest BCUT2D eigenvalue weighted by Crippen LogP contribution is 2.17. The van der Waals surface area contributed by atoms with Gasteiger partial charge >= 0.3 is 5.97 Å².